The van der Waals surface area contributed by atoms with Crippen LogP contribution in [0.15, 0.2) is 0 Å². The summed E-state index contributed by atoms with van der Waals surface area (Å²) in [6, 6.07) is 0. The predicted molar refractivity (Wildman–Crippen MR) is 50.3 cm³/mol. The third kappa shape index (κ3) is 3.17. The van der Waals surface area contributed by atoms with Crippen molar-refractivity contribution in [2.75, 3.05) is 7.11 Å². The van der Waals surface area contributed by atoms with Gasteiger partial charge in [-0.15, -0.1) is 0 Å². The Morgan fingerprint density at radius 3 is 1.85 bits per heavy atom. The summed E-state index contributed by atoms with van der Waals surface area (Å²) in [6.07, 6.45) is 1.35. The van der Waals surface area contributed by atoms with Crippen molar-refractivity contribution < 1.29 is 14.3 Å². The first-order valence-electron chi connectivity index (χ1n) is 4.66. The maximum Gasteiger partial charge on any atom is 0.309 e. The van der Waals surface area contributed by atoms with E-state index in [0.717, 1.165) is 0 Å². The average molecular weight is 186 g/mol. The number of Topliss-reactive ketones (excluding diaryl/α,β-unsaturated/α-hetero) is 1. The van der Waals surface area contributed by atoms with Crippen LogP contribution in [0.25, 0.3) is 0 Å². The number of hydrogen-bond donors (Lipinski definition) is 0. The molecule has 13 heavy (non-hydrogen) atoms. The molecule has 0 radical (unpaired) electrons. The van der Waals surface area contributed by atoms with E-state index in [1.807, 2.05) is 13.8 Å². The fourth-order valence-corrected chi connectivity index (χ4v) is 1.62. The van der Waals surface area contributed by atoms with Gasteiger partial charge in [0.25, 0.3) is 0 Å². The molecule has 0 heterocycles. The van der Waals surface area contributed by atoms with Crippen LogP contribution >= 0.6 is 0 Å². The molecule has 2 unspecified atom stereocenters. The highest BCUT2D eigenvalue weighted by Crippen LogP contribution is 2.21. The molecule has 0 fully saturated rings. The van der Waals surface area contributed by atoms with Gasteiger partial charge in [-0.2, -0.15) is 0 Å². The molecule has 0 aliphatic carbocycles. The number of ether oxygens (including phenoxy) is 1. The number of methoxy groups -OCH3 is 1. The molecule has 0 aliphatic rings. The minimum absolute atomic E-state index is 0.0692. The first kappa shape index (κ1) is 12.1. The Kier molecular flexibility index (Phi) is 5.35. The van der Waals surface area contributed by atoms with E-state index >= 15 is 0 Å². The van der Waals surface area contributed by atoms with Crippen LogP contribution in [0.2, 0.25) is 0 Å². The highest BCUT2D eigenvalue weighted by molar-refractivity contribution is 5.85. The maximum atomic E-state index is 11.3. The fraction of sp³-hybridized carbons (Fsp3) is 0.800. The van der Waals surface area contributed by atoms with E-state index in [1.54, 1.807) is 0 Å². The second-order valence-corrected chi connectivity index (χ2v) is 3.16. The van der Waals surface area contributed by atoms with Gasteiger partial charge in [0.1, 0.15) is 5.78 Å². The van der Waals surface area contributed by atoms with Gasteiger partial charge in [-0.1, -0.05) is 13.8 Å². The van der Waals surface area contributed by atoms with E-state index in [0.29, 0.717) is 12.8 Å². The molecule has 0 aromatic carbocycles. The second kappa shape index (κ2) is 5.73. The van der Waals surface area contributed by atoms with Crippen LogP contribution in [0.3, 0.4) is 0 Å². The lowest BCUT2D eigenvalue weighted by Gasteiger charge is -2.19. The summed E-state index contributed by atoms with van der Waals surface area (Å²) in [5, 5.41) is 0. The van der Waals surface area contributed by atoms with E-state index in [-0.39, 0.29) is 23.6 Å². The molecule has 3 heteroatoms. The van der Waals surface area contributed by atoms with Gasteiger partial charge in [-0.25, -0.2) is 0 Å². The van der Waals surface area contributed by atoms with Crippen molar-refractivity contribution in [1.29, 1.82) is 0 Å². The molecule has 0 aromatic rings. The smallest absolute Gasteiger partial charge is 0.309 e. The van der Waals surface area contributed by atoms with Crippen LogP contribution < -0.4 is 0 Å². The molecule has 0 aromatic heterocycles. The monoisotopic (exact) mass is 186 g/mol. The summed E-state index contributed by atoms with van der Waals surface area (Å²) in [5.74, 6) is -0.658. The van der Waals surface area contributed by atoms with Crippen molar-refractivity contribution >= 4 is 11.8 Å². The Morgan fingerprint density at radius 2 is 1.62 bits per heavy atom. The number of hydrogen-bond acceptors (Lipinski definition) is 3. The zero-order valence-corrected chi connectivity index (χ0v) is 8.79. The van der Waals surface area contributed by atoms with Crippen LogP contribution in [-0.4, -0.2) is 18.9 Å². The predicted octanol–water partition coefficient (Wildman–Crippen LogP) is 1.80. The third-order valence-corrected chi connectivity index (χ3v) is 2.39. The molecule has 0 spiro atoms. The zero-order chi connectivity index (χ0) is 10.4. The molecule has 0 aliphatic heterocycles. The topological polar surface area (TPSA) is 43.4 Å². The number of ketones is 1. The lowest BCUT2D eigenvalue weighted by molar-refractivity contribution is -0.150. The quantitative estimate of drug-likeness (QED) is 0.615. The molecular weight excluding hydrogens is 168 g/mol. The molecule has 0 N–H and O–H groups in total. The molecule has 0 rings (SSSR count). The molecule has 3 nitrogen and oxygen atoms in total. The number of carbonyl (C=O) groups is 2. The minimum Gasteiger partial charge on any atom is -0.469 e. The highest BCUT2D eigenvalue weighted by Gasteiger charge is 2.29. The summed E-state index contributed by atoms with van der Waals surface area (Å²) in [7, 11) is 1.36. The van der Waals surface area contributed by atoms with E-state index in [2.05, 4.69) is 4.74 Å². The zero-order valence-electron chi connectivity index (χ0n) is 8.79. The van der Waals surface area contributed by atoms with E-state index < -0.39 is 0 Å². The Bertz CT molecular complexity index is 187. The molecular formula is C10H18O3. The van der Waals surface area contributed by atoms with Gasteiger partial charge >= 0.3 is 5.97 Å². The normalized spacial score (nSPS) is 14.8. The van der Waals surface area contributed by atoms with Crippen molar-refractivity contribution in [3.63, 3.8) is 0 Å². The number of carbonyl (C=O) groups excluding carboxylic acids is 2. The standard InChI is InChI=1S/C10H18O3/c1-5-8(7(3)11)9(6-2)10(12)13-4/h8-9H,5-6H2,1-4H3. The summed E-state index contributed by atoms with van der Waals surface area (Å²) < 4.78 is 4.65. The third-order valence-electron chi connectivity index (χ3n) is 2.39. The van der Waals surface area contributed by atoms with Gasteiger partial charge < -0.3 is 4.74 Å². The van der Waals surface area contributed by atoms with Gasteiger partial charge in [0.2, 0.25) is 0 Å². The summed E-state index contributed by atoms with van der Waals surface area (Å²) >= 11 is 0. The van der Waals surface area contributed by atoms with Crippen LogP contribution in [0.1, 0.15) is 33.6 Å². The SMILES string of the molecule is CCC(C(C)=O)C(CC)C(=O)OC. The molecule has 0 bridgehead atoms. The molecule has 2 atom stereocenters. The average Bonchev–Trinajstić information content (AvgIpc) is 2.12. The van der Waals surface area contributed by atoms with Crippen LogP contribution in [0.4, 0.5) is 0 Å². The van der Waals surface area contributed by atoms with Crippen molar-refractivity contribution in [2.45, 2.75) is 33.6 Å². The first-order chi connectivity index (χ1) is 6.08. The van der Waals surface area contributed by atoms with Gasteiger partial charge in [0.05, 0.1) is 13.0 Å². The molecule has 0 saturated heterocycles. The molecule has 76 valence electrons. The van der Waals surface area contributed by atoms with Crippen molar-refractivity contribution in [2.24, 2.45) is 11.8 Å². The van der Waals surface area contributed by atoms with Gasteiger partial charge in [0, 0.05) is 5.92 Å². The van der Waals surface area contributed by atoms with Crippen LogP contribution in [0.5, 0.6) is 0 Å². The van der Waals surface area contributed by atoms with E-state index in [1.165, 1.54) is 14.0 Å². The largest absolute Gasteiger partial charge is 0.469 e. The van der Waals surface area contributed by atoms with Crippen molar-refractivity contribution in [1.82, 2.24) is 0 Å². The second-order valence-electron chi connectivity index (χ2n) is 3.16. The van der Waals surface area contributed by atoms with E-state index in [4.69, 9.17) is 0 Å². The van der Waals surface area contributed by atoms with Crippen LogP contribution in [0, 0.1) is 11.8 Å². The lowest BCUT2D eigenvalue weighted by Crippen LogP contribution is -2.28. The summed E-state index contributed by atoms with van der Waals surface area (Å²) in [6.45, 7) is 5.34. The Hall–Kier alpha value is -0.860. The number of rotatable bonds is 5. The Morgan fingerprint density at radius 1 is 1.15 bits per heavy atom. The highest BCUT2D eigenvalue weighted by atomic mass is 16.5. The van der Waals surface area contributed by atoms with Crippen molar-refractivity contribution in [3.05, 3.63) is 0 Å². The van der Waals surface area contributed by atoms with Crippen LogP contribution in [-0.2, 0) is 14.3 Å². The Balaban J connectivity index is 4.52. The first-order valence-corrected chi connectivity index (χ1v) is 4.66. The molecule has 0 amide bonds. The van der Waals surface area contributed by atoms with Gasteiger partial charge in [0.15, 0.2) is 0 Å². The minimum atomic E-state index is -0.274. The number of esters is 1. The fourth-order valence-electron chi connectivity index (χ4n) is 1.62. The molecule has 0 saturated carbocycles. The maximum absolute atomic E-state index is 11.3. The van der Waals surface area contributed by atoms with Gasteiger partial charge in [-0.3, -0.25) is 9.59 Å². The Labute approximate surface area is 79.5 Å². The summed E-state index contributed by atoms with van der Waals surface area (Å²) in [4.78, 5) is 22.5. The van der Waals surface area contributed by atoms with Gasteiger partial charge in [-0.05, 0) is 19.8 Å². The van der Waals surface area contributed by atoms with Crippen molar-refractivity contribution in [3.8, 4) is 0 Å². The summed E-state index contributed by atoms with van der Waals surface area (Å²) in [5.41, 5.74) is 0. The van der Waals surface area contributed by atoms with E-state index in [9.17, 15) is 9.59 Å². The lowest BCUT2D eigenvalue weighted by atomic mass is 9.85.